The molecule has 0 radical (unpaired) electrons. The summed E-state index contributed by atoms with van der Waals surface area (Å²) >= 11 is 0. The zero-order valence-corrected chi connectivity index (χ0v) is 23.8. The van der Waals surface area contributed by atoms with Crippen molar-refractivity contribution in [1.29, 1.82) is 0 Å². The van der Waals surface area contributed by atoms with Crippen LogP contribution < -0.4 is 0 Å². The van der Waals surface area contributed by atoms with Crippen molar-refractivity contribution >= 4 is 21.8 Å². The molecule has 12 heteroatoms. The Bertz CT molecular complexity index is 2220. The van der Waals surface area contributed by atoms with Gasteiger partial charge in [0.25, 0.3) is 0 Å². The highest BCUT2D eigenvalue weighted by molar-refractivity contribution is 6.13. The molecule has 0 aliphatic rings. The summed E-state index contributed by atoms with van der Waals surface area (Å²) in [7, 11) is 0. The normalized spacial score (nSPS) is 11.5. The van der Waals surface area contributed by atoms with Crippen molar-refractivity contribution in [3.05, 3.63) is 143 Å². The Balaban J connectivity index is 1.69. The SMILES string of the molecule is Fc1c(F)c(F)c(-c2cc(-c3ccccc3)nc3c2ccc2c(-c4c(F)c(F)c(F)c(F)c4F)cc(-c4ccccc4)nc23)c(F)c1F. The Morgan fingerprint density at radius 2 is 0.625 bits per heavy atom. The number of hydrogen-bond acceptors (Lipinski definition) is 2. The van der Waals surface area contributed by atoms with Crippen LogP contribution >= 0.6 is 0 Å². The monoisotopic (exact) mass is 664 g/mol. The summed E-state index contributed by atoms with van der Waals surface area (Å²) in [5.74, 6) is -22.1. The van der Waals surface area contributed by atoms with Crippen molar-refractivity contribution in [2.45, 2.75) is 0 Å². The van der Waals surface area contributed by atoms with Crippen LogP contribution in [-0.4, -0.2) is 9.97 Å². The van der Waals surface area contributed by atoms with Gasteiger partial charge in [-0.1, -0.05) is 72.8 Å². The molecule has 0 fully saturated rings. The number of halogens is 10. The summed E-state index contributed by atoms with van der Waals surface area (Å²) in [5.41, 5.74) is -3.44. The Kier molecular flexibility index (Phi) is 7.38. The fourth-order valence-corrected chi connectivity index (χ4v) is 5.59. The summed E-state index contributed by atoms with van der Waals surface area (Å²) in [6, 6.07) is 20.3. The molecule has 0 saturated heterocycles. The minimum atomic E-state index is -2.37. The highest BCUT2D eigenvalue weighted by atomic mass is 19.2. The summed E-state index contributed by atoms with van der Waals surface area (Å²) in [6.07, 6.45) is 0. The average Bonchev–Trinajstić information content (AvgIpc) is 3.12. The van der Waals surface area contributed by atoms with Crippen molar-refractivity contribution in [3.8, 4) is 44.8 Å². The first kappa shape index (κ1) is 30.9. The van der Waals surface area contributed by atoms with Crippen molar-refractivity contribution < 1.29 is 43.9 Å². The maximum absolute atomic E-state index is 15.3. The molecule has 0 spiro atoms. The lowest BCUT2D eigenvalue weighted by atomic mass is 9.92. The molecule has 0 bridgehead atoms. The molecule has 0 saturated carbocycles. The fraction of sp³-hybridized carbons (Fsp3) is 0. The van der Waals surface area contributed by atoms with E-state index in [4.69, 9.17) is 0 Å². The highest BCUT2D eigenvalue weighted by Gasteiger charge is 2.31. The molecule has 7 rings (SSSR count). The van der Waals surface area contributed by atoms with Crippen LogP contribution in [0.1, 0.15) is 0 Å². The third kappa shape index (κ3) is 4.66. The van der Waals surface area contributed by atoms with Gasteiger partial charge in [-0.3, -0.25) is 0 Å². The quantitative estimate of drug-likeness (QED) is 0.0810. The molecular weight excluding hydrogens is 650 g/mol. The number of benzene rings is 5. The first-order valence-corrected chi connectivity index (χ1v) is 13.9. The smallest absolute Gasteiger partial charge is 0.200 e. The molecule has 2 nitrogen and oxygen atoms in total. The van der Waals surface area contributed by atoms with Crippen LogP contribution in [0.15, 0.2) is 84.9 Å². The van der Waals surface area contributed by atoms with Gasteiger partial charge in [0.1, 0.15) is 0 Å². The molecule has 5 aromatic carbocycles. The predicted octanol–water partition coefficient (Wildman–Crippen LogP) is 10.8. The lowest BCUT2D eigenvalue weighted by Crippen LogP contribution is -2.06. The third-order valence-corrected chi connectivity index (χ3v) is 7.86. The Morgan fingerprint density at radius 1 is 0.333 bits per heavy atom. The van der Waals surface area contributed by atoms with E-state index in [0.717, 1.165) is 24.3 Å². The Hall–Kier alpha value is -5.78. The van der Waals surface area contributed by atoms with E-state index >= 15 is 17.6 Å². The average molecular weight is 665 g/mol. The van der Waals surface area contributed by atoms with Crippen LogP contribution in [0.3, 0.4) is 0 Å². The molecule has 0 aliphatic carbocycles. The molecule has 2 aromatic heterocycles. The van der Waals surface area contributed by atoms with E-state index in [1.165, 1.54) is 0 Å². The van der Waals surface area contributed by atoms with Crippen molar-refractivity contribution in [1.82, 2.24) is 9.97 Å². The van der Waals surface area contributed by atoms with Crippen LogP contribution in [0.5, 0.6) is 0 Å². The van der Waals surface area contributed by atoms with Gasteiger partial charge < -0.3 is 0 Å². The lowest BCUT2D eigenvalue weighted by molar-refractivity contribution is 0.381. The van der Waals surface area contributed by atoms with Gasteiger partial charge in [0.15, 0.2) is 46.5 Å². The Labute approximate surface area is 263 Å². The summed E-state index contributed by atoms with van der Waals surface area (Å²) in [4.78, 5) is 9.16. The van der Waals surface area contributed by atoms with E-state index in [2.05, 4.69) is 9.97 Å². The first-order chi connectivity index (χ1) is 23.0. The van der Waals surface area contributed by atoms with E-state index in [1.54, 1.807) is 60.7 Å². The zero-order chi connectivity index (χ0) is 34.0. The number of hydrogen-bond donors (Lipinski definition) is 0. The van der Waals surface area contributed by atoms with Gasteiger partial charge in [0.05, 0.1) is 33.5 Å². The lowest BCUT2D eigenvalue weighted by Gasteiger charge is -2.17. The fourth-order valence-electron chi connectivity index (χ4n) is 5.59. The number of nitrogens with zero attached hydrogens (tertiary/aromatic N) is 2. The van der Waals surface area contributed by atoms with Crippen molar-refractivity contribution in [2.24, 2.45) is 0 Å². The molecule has 0 aliphatic heterocycles. The van der Waals surface area contributed by atoms with Crippen molar-refractivity contribution in [2.75, 3.05) is 0 Å². The van der Waals surface area contributed by atoms with E-state index in [1.807, 2.05) is 0 Å². The molecular formula is C36H14F10N2. The third-order valence-electron chi connectivity index (χ3n) is 7.86. The van der Waals surface area contributed by atoms with Crippen LogP contribution in [0.2, 0.25) is 0 Å². The van der Waals surface area contributed by atoms with Gasteiger partial charge in [0.2, 0.25) is 11.6 Å². The van der Waals surface area contributed by atoms with Gasteiger partial charge in [-0.2, -0.15) is 0 Å². The minimum Gasteiger partial charge on any atom is -0.245 e. The Morgan fingerprint density at radius 3 is 0.938 bits per heavy atom. The largest absolute Gasteiger partial charge is 0.245 e. The summed E-state index contributed by atoms with van der Waals surface area (Å²) < 4.78 is 147. The van der Waals surface area contributed by atoms with Gasteiger partial charge >= 0.3 is 0 Å². The second-order valence-electron chi connectivity index (χ2n) is 10.6. The topological polar surface area (TPSA) is 25.8 Å². The molecule has 2 heterocycles. The second kappa shape index (κ2) is 11.5. The second-order valence-corrected chi connectivity index (χ2v) is 10.6. The van der Waals surface area contributed by atoms with Gasteiger partial charge in [0, 0.05) is 21.9 Å². The number of rotatable bonds is 4. The summed E-state index contributed by atoms with van der Waals surface area (Å²) in [5, 5.41) is -0.405. The molecule has 0 atom stereocenters. The van der Waals surface area contributed by atoms with Crippen LogP contribution in [-0.2, 0) is 0 Å². The molecule has 7 aromatic rings. The molecule has 48 heavy (non-hydrogen) atoms. The van der Waals surface area contributed by atoms with E-state index in [-0.39, 0.29) is 33.2 Å². The standard InChI is InChI=1S/C36H14F10N2/c37-25-23(26(38)30(42)33(45)29(25)41)19-13-21(15-7-3-1-4-8-15)47-35-17(19)11-12-18-20(24-27(39)31(43)34(46)32(44)28(24)40)14-22(48-36(18)35)16-9-5-2-6-10-16/h1-14H. The number of pyridine rings is 2. The van der Waals surface area contributed by atoms with Gasteiger partial charge in [-0.25, -0.2) is 53.9 Å². The first-order valence-electron chi connectivity index (χ1n) is 13.9. The van der Waals surface area contributed by atoms with E-state index in [0.29, 0.717) is 11.1 Å². The molecule has 0 amide bonds. The number of fused-ring (bicyclic) bond motifs is 3. The van der Waals surface area contributed by atoms with Crippen LogP contribution in [0.25, 0.3) is 66.6 Å². The van der Waals surface area contributed by atoms with E-state index in [9.17, 15) is 26.3 Å². The van der Waals surface area contributed by atoms with Gasteiger partial charge in [-0.05, 0) is 23.3 Å². The van der Waals surface area contributed by atoms with Crippen molar-refractivity contribution in [3.63, 3.8) is 0 Å². The summed E-state index contributed by atoms with van der Waals surface area (Å²) in [6.45, 7) is 0. The predicted molar refractivity (Wildman–Crippen MR) is 158 cm³/mol. The molecule has 0 N–H and O–H groups in total. The van der Waals surface area contributed by atoms with Gasteiger partial charge in [-0.15, -0.1) is 0 Å². The maximum Gasteiger partial charge on any atom is 0.200 e. The van der Waals surface area contributed by atoms with E-state index < -0.39 is 80.4 Å². The zero-order valence-electron chi connectivity index (χ0n) is 23.8. The molecule has 0 unspecified atom stereocenters. The maximum atomic E-state index is 15.3. The number of aromatic nitrogens is 2. The highest BCUT2D eigenvalue weighted by Crippen LogP contribution is 2.43. The minimum absolute atomic E-state index is 0.0285. The van der Waals surface area contributed by atoms with Crippen LogP contribution in [0.4, 0.5) is 43.9 Å². The molecule has 238 valence electrons. The van der Waals surface area contributed by atoms with Crippen LogP contribution in [0, 0.1) is 58.2 Å².